The number of carboxylic acid groups (broad SMARTS) is 3. The van der Waals surface area contributed by atoms with Crippen LogP contribution in [0.2, 0.25) is 0 Å². The molecule has 1 fully saturated rings. The van der Waals surface area contributed by atoms with Crippen molar-refractivity contribution in [1.29, 1.82) is 0 Å². The van der Waals surface area contributed by atoms with Crippen LogP contribution in [0.25, 0.3) is 0 Å². The summed E-state index contributed by atoms with van der Waals surface area (Å²) in [5, 5.41) is 23.3. The molecule has 1 aliphatic rings. The van der Waals surface area contributed by atoms with Crippen molar-refractivity contribution >= 4 is 29.8 Å². The third kappa shape index (κ3) is 14.4. The number of likely N-dealkylation sites (tertiary alicyclic amines) is 1. The predicted octanol–water partition coefficient (Wildman–Crippen LogP) is -0.290. The van der Waals surface area contributed by atoms with Crippen LogP contribution in [0, 0.1) is 0 Å². The Kier molecular flexibility index (Phi) is 13.5. The number of rotatable bonds is 6. The van der Waals surface area contributed by atoms with E-state index in [0.29, 0.717) is 38.8 Å². The number of hydrogen-bond donors (Lipinski definition) is 6. The lowest BCUT2D eigenvalue weighted by Crippen LogP contribution is -2.48. The molecule has 1 aliphatic heterocycles. The van der Waals surface area contributed by atoms with Crippen LogP contribution in [0.5, 0.6) is 0 Å². The van der Waals surface area contributed by atoms with Crippen LogP contribution < -0.4 is 17.2 Å². The molecule has 0 bridgehead atoms. The number of carboxylic acids is 3. The largest absolute Gasteiger partial charge is 0.490 e. The van der Waals surface area contributed by atoms with Gasteiger partial charge in [0.05, 0.1) is 6.04 Å². The molecule has 1 heterocycles. The average molecular weight is 499 g/mol. The number of guanidine groups is 1. The van der Waals surface area contributed by atoms with E-state index < -0.39 is 42.3 Å². The van der Waals surface area contributed by atoms with Crippen LogP contribution in [-0.4, -0.2) is 87.5 Å². The first-order chi connectivity index (χ1) is 14.8. The molecule has 0 saturated carbocycles. The molecule has 192 valence electrons. The minimum atomic E-state index is -5.08. The number of carbonyl (C=O) groups excluding carboxylic acids is 1. The Morgan fingerprint density at radius 3 is 1.73 bits per heavy atom. The van der Waals surface area contributed by atoms with Crippen molar-refractivity contribution in [3.8, 4) is 0 Å². The van der Waals surface area contributed by atoms with E-state index >= 15 is 0 Å². The van der Waals surface area contributed by atoms with Gasteiger partial charge >= 0.3 is 30.3 Å². The molecule has 2 atom stereocenters. The Bertz CT molecular complexity index is 686. The van der Waals surface area contributed by atoms with Gasteiger partial charge in [0.2, 0.25) is 5.91 Å². The van der Waals surface area contributed by atoms with Crippen LogP contribution in [0.1, 0.15) is 25.7 Å². The first kappa shape index (κ1) is 31.9. The van der Waals surface area contributed by atoms with Gasteiger partial charge in [0.25, 0.3) is 0 Å². The van der Waals surface area contributed by atoms with E-state index in [9.17, 15) is 35.9 Å². The molecule has 0 aromatic rings. The Morgan fingerprint density at radius 2 is 1.39 bits per heavy atom. The van der Waals surface area contributed by atoms with E-state index in [-0.39, 0.29) is 11.9 Å². The average Bonchev–Trinajstić information content (AvgIpc) is 3.13. The van der Waals surface area contributed by atoms with Crippen molar-refractivity contribution < 1.29 is 60.8 Å². The first-order valence-electron chi connectivity index (χ1n) is 8.76. The summed E-state index contributed by atoms with van der Waals surface area (Å²) in [4.78, 5) is 46.0. The molecule has 12 nitrogen and oxygen atoms in total. The molecule has 0 aromatic carbocycles. The summed E-state index contributed by atoms with van der Waals surface area (Å²) in [6.45, 7) is 0.864. The van der Waals surface area contributed by atoms with Gasteiger partial charge in [-0.2, -0.15) is 26.3 Å². The molecule has 0 aliphatic carbocycles. The lowest BCUT2D eigenvalue weighted by atomic mass is 10.1. The van der Waals surface area contributed by atoms with Gasteiger partial charge in [-0.15, -0.1) is 0 Å². The maximum atomic E-state index is 12.0. The normalized spacial score (nSPS) is 16.3. The van der Waals surface area contributed by atoms with Crippen molar-refractivity contribution in [2.75, 3.05) is 13.1 Å². The van der Waals surface area contributed by atoms with Gasteiger partial charge in [-0.1, -0.05) is 0 Å². The number of halogens is 6. The molecule has 0 radical (unpaired) electrons. The first-order valence-corrected chi connectivity index (χ1v) is 8.76. The summed E-state index contributed by atoms with van der Waals surface area (Å²) in [6.07, 6.45) is -7.97. The van der Waals surface area contributed by atoms with Gasteiger partial charge < -0.3 is 37.4 Å². The fraction of sp³-hybridized carbons (Fsp3) is 0.667. The Balaban J connectivity index is 0. The minimum Gasteiger partial charge on any atom is -0.480 e. The second-order valence-corrected chi connectivity index (χ2v) is 6.19. The number of carbonyl (C=O) groups is 4. The van der Waals surface area contributed by atoms with Gasteiger partial charge in [-0.25, -0.2) is 14.4 Å². The monoisotopic (exact) mass is 499 g/mol. The van der Waals surface area contributed by atoms with E-state index in [1.54, 1.807) is 0 Å². The lowest BCUT2D eigenvalue weighted by molar-refractivity contribution is -0.193. The number of alkyl halides is 6. The molecule has 1 saturated heterocycles. The molecular formula is C15H23F6N5O7. The van der Waals surface area contributed by atoms with E-state index in [4.69, 9.17) is 42.1 Å². The standard InChI is InChI=1S/C11H21N5O3.2C2HF3O2/c12-7(3-1-5-15-11(13)14)9(17)16-6-2-4-8(16)10(18)19;2*3-2(4,5)1(6)7/h7-8H,1-6,12H2,(H,18,19)(H4,13,14,15);2*(H,6,7)/t7-,8-;;/m0../s1. The molecule has 0 aromatic heterocycles. The Labute approximate surface area is 182 Å². The van der Waals surface area contributed by atoms with Gasteiger partial charge in [0.1, 0.15) is 6.04 Å². The van der Waals surface area contributed by atoms with Crippen molar-refractivity contribution in [2.45, 2.75) is 50.1 Å². The van der Waals surface area contributed by atoms with E-state index in [0.717, 1.165) is 0 Å². The van der Waals surface area contributed by atoms with Crippen molar-refractivity contribution in [2.24, 2.45) is 22.2 Å². The summed E-state index contributed by atoms with van der Waals surface area (Å²) in [6, 6.07) is -1.44. The fourth-order valence-corrected chi connectivity index (χ4v) is 2.14. The van der Waals surface area contributed by atoms with Crippen molar-refractivity contribution in [3.63, 3.8) is 0 Å². The summed E-state index contributed by atoms with van der Waals surface area (Å²) in [5.74, 6) is -6.79. The highest BCUT2D eigenvalue weighted by molar-refractivity contribution is 5.87. The predicted molar refractivity (Wildman–Crippen MR) is 97.6 cm³/mol. The van der Waals surface area contributed by atoms with Gasteiger partial charge in [-0.05, 0) is 25.7 Å². The zero-order chi connectivity index (χ0) is 26.6. The zero-order valence-electron chi connectivity index (χ0n) is 16.8. The zero-order valence-corrected chi connectivity index (χ0v) is 16.8. The number of nitrogens with zero attached hydrogens (tertiary/aromatic N) is 2. The van der Waals surface area contributed by atoms with E-state index in [2.05, 4.69) is 4.99 Å². The molecule has 33 heavy (non-hydrogen) atoms. The molecular weight excluding hydrogens is 476 g/mol. The number of amides is 1. The SMILES string of the molecule is NC(N)=NCCC[C@H](N)C(=O)N1CCC[C@H]1C(=O)O.O=C(O)C(F)(F)F.O=C(O)C(F)(F)F. The quantitative estimate of drug-likeness (QED) is 0.121. The highest BCUT2D eigenvalue weighted by Crippen LogP contribution is 2.19. The second kappa shape index (κ2) is 14.0. The van der Waals surface area contributed by atoms with Crippen molar-refractivity contribution in [3.05, 3.63) is 0 Å². The molecule has 0 spiro atoms. The Hall–Kier alpha value is -3.31. The van der Waals surface area contributed by atoms with Gasteiger partial charge in [0, 0.05) is 13.1 Å². The van der Waals surface area contributed by atoms with Crippen LogP contribution in [0.3, 0.4) is 0 Å². The van der Waals surface area contributed by atoms with Crippen LogP contribution in [0.15, 0.2) is 4.99 Å². The molecule has 1 rings (SSSR count). The van der Waals surface area contributed by atoms with E-state index in [1.807, 2.05) is 0 Å². The topological polar surface area (TPSA) is 223 Å². The smallest absolute Gasteiger partial charge is 0.480 e. The third-order valence-corrected chi connectivity index (χ3v) is 3.59. The molecule has 9 N–H and O–H groups in total. The number of aliphatic imine (C=N–C) groups is 1. The summed E-state index contributed by atoms with van der Waals surface area (Å²) >= 11 is 0. The number of aliphatic carboxylic acids is 3. The Morgan fingerprint density at radius 1 is 0.970 bits per heavy atom. The molecule has 0 unspecified atom stereocenters. The van der Waals surface area contributed by atoms with Crippen LogP contribution in [-0.2, 0) is 19.2 Å². The van der Waals surface area contributed by atoms with Crippen LogP contribution >= 0.6 is 0 Å². The summed E-state index contributed by atoms with van der Waals surface area (Å²) in [5.41, 5.74) is 16.1. The van der Waals surface area contributed by atoms with Gasteiger partial charge in [-0.3, -0.25) is 9.79 Å². The van der Waals surface area contributed by atoms with Gasteiger partial charge in [0.15, 0.2) is 5.96 Å². The molecule has 18 heteroatoms. The second-order valence-electron chi connectivity index (χ2n) is 6.19. The lowest BCUT2D eigenvalue weighted by Gasteiger charge is -2.24. The molecule has 1 amide bonds. The summed E-state index contributed by atoms with van der Waals surface area (Å²) < 4.78 is 63.5. The third-order valence-electron chi connectivity index (χ3n) is 3.59. The summed E-state index contributed by atoms with van der Waals surface area (Å²) in [7, 11) is 0. The number of hydrogen-bond acceptors (Lipinski definition) is 6. The maximum absolute atomic E-state index is 12.0. The minimum absolute atomic E-state index is 0.00498. The van der Waals surface area contributed by atoms with E-state index in [1.165, 1.54) is 4.90 Å². The highest BCUT2D eigenvalue weighted by Gasteiger charge is 2.39. The highest BCUT2D eigenvalue weighted by atomic mass is 19.4. The number of nitrogens with two attached hydrogens (primary N) is 3. The van der Waals surface area contributed by atoms with Crippen molar-refractivity contribution in [1.82, 2.24) is 4.90 Å². The maximum Gasteiger partial charge on any atom is 0.490 e. The van der Waals surface area contributed by atoms with Crippen LogP contribution in [0.4, 0.5) is 26.3 Å². The fourth-order valence-electron chi connectivity index (χ4n) is 2.14.